The number of halogens is 2. The number of benzene rings is 1. The van der Waals surface area contributed by atoms with Crippen molar-refractivity contribution in [3.63, 3.8) is 0 Å². The van der Waals surface area contributed by atoms with Crippen molar-refractivity contribution in [2.75, 3.05) is 32.8 Å². The standard InChI is InChI=1S/C15H20BrClN2O/c16-13-8-12(17)3-4-15(13)20-7-6-19-9-11-2-1-5-18-14(11)10-19/h3-4,8,11,14,18H,1-2,5-7,9-10H2/t11-,14+/m0/s1. The molecule has 0 aromatic heterocycles. The predicted molar refractivity (Wildman–Crippen MR) is 85.6 cm³/mol. The molecule has 1 N–H and O–H groups in total. The fourth-order valence-corrected chi connectivity index (χ4v) is 3.99. The summed E-state index contributed by atoms with van der Waals surface area (Å²) in [6.07, 6.45) is 2.70. The summed E-state index contributed by atoms with van der Waals surface area (Å²) >= 11 is 9.40. The Bertz CT molecular complexity index is 457. The quantitative estimate of drug-likeness (QED) is 0.893. The molecule has 3 nitrogen and oxygen atoms in total. The van der Waals surface area contributed by atoms with Crippen molar-refractivity contribution in [1.29, 1.82) is 0 Å². The SMILES string of the molecule is Clc1ccc(OCCN2C[C@@H]3CCCN[C@@H]3C2)c(Br)c1. The van der Waals surface area contributed by atoms with E-state index in [1.807, 2.05) is 18.2 Å². The lowest BCUT2D eigenvalue weighted by atomic mass is 9.94. The highest BCUT2D eigenvalue weighted by atomic mass is 79.9. The van der Waals surface area contributed by atoms with Gasteiger partial charge in [0.2, 0.25) is 0 Å². The molecular formula is C15H20BrClN2O. The highest BCUT2D eigenvalue weighted by Gasteiger charge is 2.33. The first-order chi connectivity index (χ1) is 9.72. The van der Waals surface area contributed by atoms with Crippen LogP contribution in [0.3, 0.4) is 0 Å². The van der Waals surface area contributed by atoms with Gasteiger partial charge in [-0.1, -0.05) is 11.6 Å². The van der Waals surface area contributed by atoms with Gasteiger partial charge in [0, 0.05) is 30.7 Å². The number of ether oxygens (including phenoxy) is 1. The molecule has 5 heteroatoms. The molecule has 3 rings (SSSR count). The van der Waals surface area contributed by atoms with E-state index in [2.05, 4.69) is 26.1 Å². The smallest absolute Gasteiger partial charge is 0.133 e. The number of hydrogen-bond acceptors (Lipinski definition) is 3. The molecule has 0 amide bonds. The second-order valence-electron chi connectivity index (χ2n) is 5.65. The molecular weight excluding hydrogens is 340 g/mol. The van der Waals surface area contributed by atoms with Gasteiger partial charge in [0.05, 0.1) is 4.47 Å². The highest BCUT2D eigenvalue weighted by molar-refractivity contribution is 9.10. The van der Waals surface area contributed by atoms with Gasteiger partial charge in [-0.2, -0.15) is 0 Å². The van der Waals surface area contributed by atoms with E-state index in [1.165, 1.54) is 25.9 Å². The van der Waals surface area contributed by atoms with Crippen molar-refractivity contribution in [3.05, 3.63) is 27.7 Å². The largest absolute Gasteiger partial charge is 0.491 e. The molecule has 2 aliphatic heterocycles. The van der Waals surface area contributed by atoms with Crippen LogP contribution >= 0.6 is 27.5 Å². The Hall–Kier alpha value is -0.290. The second kappa shape index (κ2) is 6.65. The molecule has 0 radical (unpaired) electrons. The van der Waals surface area contributed by atoms with Crippen molar-refractivity contribution in [2.24, 2.45) is 5.92 Å². The third-order valence-electron chi connectivity index (χ3n) is 4.23. The maximum Gasteiger partial charge on any atom is 0.133 e. The average molecular weight is 360 g/mol. The number of fused-ring (bicyclic) bond motifs is 1. The predicted octanol–water partition coefficient (Wildman–Crippen LogP) is 3.17. The summed E-state index contributed by atoms with van der Waals surface area (Å²) < 4.78 is 6.76. The Kier molecular flexibility index (Phi) is 4.87. The summed E-state index contributed by atoms with van der Waals surface area (Å²) in [5, 5.41) is 4.35. The minimum absolute atomic E-state index is 0.700. The van der Waals surface area contributed by atoms with Gasteiger partial charge < -0.3 is 10.1 Å². The maximum absolute atomic E-state index is 5.92. The maximum atomic E-state index is 5.92. The molecule has 0 spiro atoms. The van der Waals surface area contributed by atoms with E-state index < -0.39 is 0 Å². The second-order valence-corrected chi connectivity index (χ2v) is 6.94. The van der Waals surface area contributed by atoms with Crippen molar-refractivity contribution in [1.82, 2.24) is 10.2 Å². The van der Waals surface area contributed by atoms with Gasteiger partial charge in [-0.25, -0.2) is 0 Å². The molecule has 2 heterocycles. The van der Waals surface area contributed by atoms with Crippen LogP contribution in [0.25, 0.3) is 0 Å². The molecule has 0 bridgehead atoms. The van der Waals surface area contributed by atoms with Gasteiger partial charge in [-0.05, 0) is 59.4 Å². The van der Waals surface area contributed by atoms with Crippen LogP contribution in [0, 0.1) is 5.92 Å². The Balaban J connectivity index is 1.46. The summed E-state index contributed by atoms with van der Waals surface area (Å²) in [5.41, 5.74) is 0. The van der Waals surface area contributed by atoms with Crippen molar-refractivity contribution in [3.8, 4) is 5.75 Å². The molecule has 1 aromatic carbocycles. The molecule has 0 aliphatic carbocycles. The van der Waals surface area contributed by atoms with Gasteiger partial charge in [-0.3, -0.25) is 4.90 Å². The average Bonchev–Trinajstić information content (AvgIpc) is 2.84. The summed E-state index contributed by atoms with van der Waals surface area (Å²) in [4.78, 5) is 2.51. The van der Waals surface area contributed by atoms with Crippen LogP contribution in [0.2, 0.25) is 5.02 Å². The molecule has 0 saturated carbocycles. The summed E-state index contributed by atoms with van der Waals surface area (Å²) in [6.45, 7) is 5.27. The highest BCUT2D eigenvalue weighted by Crippen LogP contribution is 2.28. The van der Waals surface area contributed by atoms with Crippen LogP contribution in [-0.2, 0) is 0 Å². The molecule has 20 heavy (non-hydrogen) atoms. The first-order valence-electron chi connectivity index (χ1n) is 7.26. The molecule has 2 aliphatic rings. The van der Waals surface area contributed by atoms with E-state index in [0.29, 0.717) is 6.04 Å². The van der Waals surface area contributed by atoms with E-state index in [4.69, 9.17) is 16.3 Å². The van der Waals surface area contributed by atoms with E-state index in [-0.39, 0.29) is 0 Å². The molecule has 2 saturated heterocycles. The number of piperidine rings is 1. The Morgan fingerprint density at radius 1 is 1.40 bits per heavy atom. The minimum atomic E-state index is 0.700. The number of likely N-dealkylation sites (tertiary alicyclic amines) is 1. The fraction of sp³-hybridized carbons (Fsp3) is 0.600. The van der Waals surface area contributed by atoms with E-state index in [0.717, 1.165) is 40.9 Å². The summed E-state index contributed by atoms with van der Waals surface area (Å²) in [6, 6.07) is 6.34. The van der Waals surface area contributed by atoms with Gasteiger partial charge >= 0.3 is 0 Å². The van der Waals surface area contributed by atoms with Crippen molar-refractivity contribution < 1.29 is 4.74 Å². The molecule has 2 fully saturated rings. The zero-order valence-electron chi connectivity index (χ0n) is 11.4. The molecule has 1 aromatic rings. The zero-order chi connectivity index (χ0) is 13.9. The van der Waals surface area contributed by atoms with Gasteiger partial charge in [-0.15, -0.1) is 0 Å². The van der Waals surface area contributed by atoms with Gasteiger partial charge in [0.15, 0.2) is 0 Å². The molecule has 0 unspecified atom stereocenters. The van der Waals surface area contributed by atoms with Crippen molar-refractivity contribution in [2.45, 2.75) is 18.9 Å². The first kappa shape index (κ1) is 14.6. The van der Waals surface area contributed by atoms with Crippen LogP contribution in [0.15, 0.2) is 22.7 Å². The lowest BCUT2D eigenvalue weighted by Crippen LogP contribution is -2.40. The van der Waals surface area contributed by atoms with Crippen molar-refractivity contribution >= 4 is 27.5 Å². The number of rotatable bonds is 4. The van der Waals surface area contributed by atoms with E-state index >= 15 is 0 Å². The summed E-state index contributed by atoms with van der Waals surface area (Å²) in [7, 11) is 0. The van der Waals surface area contributed by atoms with Gasteiger partial charge in [0.1, 0.15) is 12.4 Å². The Labute approximate surface area is 133 Å². The number of nitrogens with one attached hydrogen (secondary N) is 1. The molecule has 110 valence electrons. The Morgan fingerprint density at radius 3 is 3.10 bits per heavy atom. The van der Waals surface area contributed by atoms with Crippen LogP contribution in [0.1, 0.15) is 12.8 Å². The third kappa shape index (κ3) is 3.48. The third-order valence-corrected chi connectivity index (χ3v) is 5.09. The normalized spacial score (nSPS) is 26.5. The minimum Gasteiger partial charge on any atom is -0.491 e. The van der Waals surface area contributed by atoms with E-state index in [1.54, 1.807) is 0 Å². The lowest BCUT2D eigenvalue weighted by molar-refractivity contribution is 0.231. The van der Waals surface area contributed by atoms with Crippen LogP contribution in [0.4, 0.5) is 0 Å². The number of nitrogens with zero attached hydrogens (tertiary/aromatic N) is 1. The van der Waals surface area contributed by atoms with Crippen LogP contribution < -0.4 is 10.1 Å². The number of hydrogen-bond donors (Lipinski definition) is 1. The zero-order valence-corrected chi connectivity index (χ0v) is 13.8. The van der Waals surface area contributed by atoms with Gasteiger partial charge in [0.25, 0.3) is 0 Å². The fourth-order valence-electron chi connectivity index (χ4n) is 3.20. The molecule has 2 atom stereocenters. The topological polar surface area (TPSA) is 24.5 Å². The first-order valence-corrected chi connectivity index (χ1v) is 8.43. The van der Waals surface area contributed by atoms with Crippen LogP contribution in [-0.4, -0.2) is 43.7 Å². The monoisotopic (exact) mass is 358 g/mol. The summed E-state index contributed by atoms with van der Waals surface area (Å²) in [5.74, 6) is 1.70. The van der Waals surface area contributed by atoms with E-state index in [9.17, 15) is 0 Å². The Morgan fingerprint density at radius 2 is 2.30 bits per heavy atom. The lowest BCUT2D eigenvalue weighted by Gasteiger charge is -2.24. The van der Waals surface area contributed by atoms with Crippen LogP contribution in [0.5, 0.6) is 5.75 Å².